The van der Waals surface area contributed by atoms with Crippen LogP contribution in [0.2, 0.25) is 0 Å². The van der Waals surface area contributed by atoms with Crippen molar-refractivity contribution in [1.82, 2.24) is 0 Å². The fraction of sp³-hybridized carbons (Fsp3) is 1.00. The van der Waals surface area contributed by atoms with Gasteiger partial charge in [0.15, 0.2) is 11.1 Å². The molecule has 0 aromatic carbocycles. The maximum absolute atomic E-state index is 11.0. The zero-order valence-corrected chi connectivity index (χ0v) is 23.1. The van der Waals surface area contributed by atoms with E-state index in [0.717, 1.165) is 21.6 Å². The molecule has 0 aliphatic heterocycles. The topological polar surface area (TPSA) is 272 Å². The predicted molar refractivity (Wildman–Crippen MR) is 106 cm³/mol. The normalized spacial score (nSPS) is 15.4. The van der Waals surface area contributed by atoms with Crippen molar-refractivity contribution >= 4 is 43.7 Å². The van der Waals surface area contributed by atoms with Crippen LogP contribution in [0.25, 0.3) is 41.8 Å². The minimum absolute atomic E-state index is 0. The van der Waals surface area contributed by atoms with E-state index in [1.54, 1.807) is 0 Å². The summed E-state index contributed by atoms with van der Waals surface area (Å²) in [7, 11) is 2.21. The monoisotopic (exact) mass is 515 g/mol. The molecule has 1 N–H and O–H groups in total. The first kappa shape index (κ1) is 34.8. The van der Waals surface area contributed by atoms with Gasteiger partial charge in [-0.15, -0.1) is 0 Å². The summed E-state index contributed by atoms with van der Waals surface area (Å²) in [5.74, 6) is -0.800. The molecule has 0 aliphatic rings. The molecule has 22 heteroatoms. The van der Waals surface area contributed by atoms with Crippen molar-refractivity contribution in [2.75, 3.05) is 23.0 Å². The van der Waals surface area contributed by atoms with E-state index in [1.165, 1.54) is 0 Å². The molecular weight excluding hydrogens is 502 g/mol. The number of hydrogen-bond donors (Lipinski definition) is 1. The molecule has 0 fully saturated rings. The molecule has 6 atom stereocenters. The van der Waals surface area contributed by atoms with Crippen LogP contribution < -0.4 is 59.1 Å². The van der Waals surface area contributed by atoms with Gasteiger partial charge in [-0.1, -0.05) is 53.1 Å². The first-order valence-electron chi connectivity index (χ1n) is 6.94. The Morgan fingerprint density at radius 1 is 0.767 bits per heavy atom. The summed E-state index contributed by atoms with van der Waals surface area (Å²) in [6.45, 7) is 0. The molecule has 0 spiro atoms. The minimum atomic E-state index is -2.52. The van der Waals surface area contributed by atoms with E-state index in [9.17, 15) is 13.0 Å². The second-order valence-electron chi connectivity index (χ2n) is 4.62. The summed E-state index contributed by atoms with van der Waals surface area (Å²) < 4.78 is 41.6. The van der Waals surface area contributed by atoms with Crippen molar-refractivity contribution < 1.29 is 76.6 Å². The molecule has 16 nitrogen and oxygen atoms in total. The summed E-state index contributed by atoms with van der Waals surface area (Å²) >= 11 is -4.80. The first-order valence-corrected chi connectivity index (χ1v) is 11.9. The Morgan fingerprint density at radius 2 is 1.10 bits per heavy atom. The second-order valence-corrected chi connectivity index (χ2v) is 9.09. The fourth-order valence-electron chi connectivity index (χ4n) is 1.67. The number of azide groups is 4. The van der Waals surface area contributed by atoms with Gasteiger partial charge in [-0.25, -0.2) is 4.21 Å². The van der Waals surface area contributed by atoms with Crippen molar-refractivity contribution in [3.8, 4) is 0 Å². The molecule has 2 unspecified atom stereocenters. The predicted octanol–water partition coefficient (Wildman–Crippen LogP) is -2.81. The van der Waals surface area contributed by atoms with Gasteiger partial charge >= 0.3 is 59.1 Å². The Morgan fingerprint density at radius 3 is 1.40 bits per heavy atom. The van der Waals surface area contributed by atoms with Gasteiger partial charge in [-0.2, -0.15) is 0 Å². The van der Waals surface area contributed by atoms with Crippen LogP contribution in [0.1, 0.15) is 0 Å². The maximum atomic E-state index is 11.0. The van der Waals surface area contributed by atoms with Gasteiger partial charge in [-0.05, 0) is 22.1 Å². The van der Waals surface area contributed by atoms with Crippen LogP contribution in [0.5, 0.6) is 0 Å². The van der Waals surface area contributed by atoms with E-state index in [4.69, 9.17) is 26.7 Å². The molecule has 0 amide bonds. The fourth-order valence-corrected chi connectivity index (χ4v) is 5.28. The number of rotatable bonds is 15. The molecule has 0 radical (unpaired) electrons. The number of nitrogens with zero attached hydrogens (tertiary/aromatic N) is 12. The zero-order valence-electron chi connectivity index (χ0n) is 15.8. The second kappa shape index (κ2) is 22.4. The third-order valence-corrected chi connectivity index (χ3v) is 6.55. The van der Waals surface area contributed by atoms with Gasteiger partial charge in [0.2, 0.25) is 0 Å². The Kier molecular flexibility index (Phi) is 25.9. The van der Waals surface area contributed by atoms with E-state index in [-0.39, 0.29) is 70.6 Å². The van der Waals surface area contributed by atoms with Gasteiger partial charge in [0, 0.05) is 36.9 Å². The van der Waals surface area contributed by atoms with E-state index < -0.39 is 57.8 Å². The summed E-state index contributed by atoms with van der Waals surface area (Å²) in [5, 5.41) is 13.6. The summed E-state index contributed by atoms with van der Waals surface area (Å²) in [6, 6.07) is -4.03. The average Bonchev–Trinajstić information content (AvgIpc) is 2.62. The van der Waals surface area contributed by atoms with E-state index in [0.29, 0.717) is 0 Å². The van der Waals surface area contributed by atoms with Gasteiger partial charge in [0.1, 0.15) is 0 Å². The van der Waals surface area contributed by atoms with Gasteiger partial charge in [0.25, 0.3) is 0 Å². The van der Waals surface area contributed by atoms with Crippen LogP contribution in [-0.4, -0.2) is 64.7 Å². The molecule has 0 aliphatic carbocycles. The zero-order chi connectivity index (χ0) is 21.4. The molecule has 0 rings (SSSR count). The first-order chi connectivity index (χ1) is 13.4. The Hall–Kier alpha value is 0.160. The average molecular weight is 516 g/mol. The van der Waals surface area contributed by atoms with Crippen LogP contribution in [0.15, 0.2) is 20.5 Å². The van der Waals surface area contributed by atoms with Crippen molar-refractivity contribution in [2.45, 2.75) is 24.2 Å². The smallest absolute Gasteiger partial charge is 0.772 e. The van der Waals surface area contributed by atoms with Crippen LogP contribution in [-0.2, 0) is 22.2 Å². The van der Waals surface area contributed by atoms with Crippen molar-refractivity contribution in [1.29, 1.82) is 0 Å². The van der Waals surface area contributed by atoms with Crippen LogP contribution in [0.4, 0.5) is 0 Å². The molecule has 0 saturated heterocycles. The van der Waals surface area contributed by atoms with E-state index in [2.05, 4.69) is 40.1 Å². The molecule has 0 aromatic rings. The molecule has 0 heterocycles. The Balaban J connectivity index is -0.00000364. The maximum Gasteiger partial charge on any atom is 1.00 e. The molecule has 0 bridgehead atoms. The number of hydrogen-bond acceptors (Lipinski definition) is 9. The third kappa shape index (κ3) is 16.8. The van der Waals surface area contributed by atoms with Crippen molar-refractivity contribution in [2.24, 2.45) is 20.5 Å². The third-order valence-electron chi connectivity index (χ3n) is 2.87. The molecule has 154 valence electrons. The van der Waals surface area contributed by atoms with Crippen LogP contribution >= 0.6 is 21.6 Å². The largest absolute Gasteiger partial charge is 1.00 e. The van der Waals surface area contributed by atoms with E-state index in [1.807, 2.05) is 0 Å². The van der Waals surface area contributed by atoms with Crippen LogP contribution in [0, 0.1) is 0 Å². The molecule has 30 heavy (non-hydrogen) atoms. The summed E-state index contributed by atoms with van der Waals surface area (Å²) in [6.07, 6.45) is 0. The van der Waals surface area contributed by atoms with Crippen molar-refractivity contribution in [3.63, 3.8) is 0 Å². The standard InChI is InChI=1S/C8H14N12O4S4.2Na/c9-17-13-5(7(15-19-11)3-27(21)22)1-25-26-2-6(14-18-10)8(16-20-12)4-28(23)24;;/h5-8H,1-4H2,(H,21,22)(H,23,24);;/q;2*+1/p-1/t5-,6-,7-,8-;;/m0../s1. The van der Waals surface area contributed by atoms with E-state index >= 15 is 0 Å². The van der Waals surface area contributed by atoms with Gasteiger partial charge in [-0.3, -0.25) is 4.21 Å². The molecule has 0 saturated carbocycles. The Labute approximate surface area is 227 Å². The quantitative estimate of drug-likeness (QED) is 0.0456. The molecule has 0 aromatic heterocycles. The minimum Gasteiger partial charge on any atom is -0.772 e. The SMILES string of the molecule is [N-]=[N+]=N[C@@H](CSSC[C@H](N=[N+]=[N-])[C@H](CS(=O)O)N=[N+]=[N-])[C@H](CS(=O)[O-])N=[N+]=[N-].[Na+].[Na+]. The summed E-state index contributed by atoms with van der Waals surface area (Å²) in [5.41, 5.74) is 34.3. The van der Waals surface area contributed by atoms with Crippen molar-refractivity contribution in [3.05, 3.63) is 41.8 Å². The summed E-state index contributed by atoms with van der Waals surface area (Å²) in [4.78, 5) is 10.3. The Bertz CT molecular complexity index is 691. The van der Waals surface area contributed by atoms with Gasteiger partial charge < -0.3 is 9.11 Å². The molecular formula is C8H13N12Na2O4S4+. The van der Waals surface area contributed by atoms with Crippen LogP contribution in [0.3, 0.4) is 0 Å². The van der Waals surface area contributed by atoms with Gasteiger partial charge in [0.05, 0.1) is 29.9 Å².